The molecular formula is C68H125NO10. The third-order valence-corrected chi connectivity index (χ3v) is 15.7. The largest absolute Gasteiger partial charge is 0.454 e. The Labute approximate surface area is 485 Å². The number of carbonyl (C=O) groups excluding carboxylic acids is 2. The van der Waals surface area contributed by atoms with Crippen LogP contribution in [0, 0.1) is 0 Å². The molecule has 1 amide bonds. The number of hydrogen-bond acceptors (Lipinski definition) is 10. The predicted octanol–water partition coefficient (Wildman–Crippen LogP) is 16.4. The molecule has 8 atom stereocenters. The third kappa shape index (κ3) is 43.9. The van der Waals surface area contributed by atoms with Crippen molar-refractivity contribution in [2.24, 2.45) is 0 Å². The van der Waals surface area contributed by atoms with Gasteiger partial charge in [-0.15, -0.1) is 0 Å². The van der Waals surface area contributed by atoms with Crippen LogP contribution in [0.4, 0.5) is 0 Å². The summed E-state index contributed by atoms with van der Waals surface area (Å²) < 4.78 is 17.6. The molecule has 11 heteroatoms. The van der Waals surface area contributed by atoms with Crippen molar-refractivity contribution < 1.29 is 49.3 Å². The highest BCUT2D eigenvalue weighted by molar-refractivity contribution is 5.80. The minimum Gasteiger partial charge on any atom is -0.454 e. The third-order valence-electron chi connectivity index (χ3n) is 15.7. The molecule has 1 fully saturated rings. The predicted molar refractivity (Wildman–Crippen MR) is 329 cm³/mol. The number of aliphatic hydroxyl groups excluding tert-OH is 5. The van der Waals surface area contributed by atoms with Gasteiger partial charge in [-0.25, -0.2) is 0 Å². The number of hydrogen-bond donors (Lipinski definition) is 6. The number of carbonyl (C=O) groups is 2. The van der Waals surface area contributed by atoms with E-state index in [4.69, 9.17) is 14.2 Å². The number of esters is 1. The Morgan fingerprint density at radius 3 is 1.33 bits per heavy atom. The second-order valence-electron chi connectivity index (χ2n) is 23.2. The number of unbranched alkanes of at least 4 members (excludes halogenated alkanes) is 37. The minimum atomic E-state index is -1.62. The SMILES string of the molecule is CCCCC/C=C\C/C=C\C/C=C\CCCCCCCCC(=O)OC1C(OCC(NC(=O)C(O)CCCCCCCCCCCCCCCCCCCCCC)C(O)/C=C/CCCCCCCCCCC)OC(CO)C(O)C1O. The summed E-state index contributed by atoms with van der Waals surface area (Å²) in [6, 6.07) is -1.02. The van der Waals surface area contributed by atoms with E-state index in [9.17, 15) is 35.1 Å². The Hall–Kier alpha value is -2.38. The summed E-state index contributed by atoms with van der Waals surface area (Å²) in [6.07, 6.45) is 58.6. The summed E-state index contributed by atoms with van der Waals surface area (Å²) in [5.74, 6) is -1.20. The summed E-state index contributed by atoms with van der Waals surface area (Å²) in [5, 5.41) is 57.1. The van der Waals surface area contributed by atoms with Crippen molar-refractivity contribution >= 4 is 11.9 Å². The highest BCUT2D eigenvalue weighted by Crippen LogP contribution is 2.26. The maximum Gasteiger partial charge on any atom is 0.306 e. The Morgan fingerprint density at radius 1 is 0.494 bits per heavy atom. The second-order valence-corrected chi connectivity index (χ2v) is 23.2. The van der Waals surface area contributed by atoms with E-state index in [0.29, 0.717) is 19.3 Å². The second kappa shape index (κ2) is 56.1. The maximum absolute atomic E-state index is 13.4. The van der Waals surface area contributed by atoms with Gasteiger partial charge in [0.2, 0.25) is 5.91 Å². The van der Waals surface area contributed by atoms with Crippen molar-refractivity contribution in [1.29, 1.82) is 0 Å². The van der Waals surface area contributed by atoms with E-state index in [1.54, 1.807) is 6.08 Å². The average molecular weight is 1120 g/mol. The molecule has 1 rings (SSSR count). The van der Waals surface area contributed by atoms with Gasteiger partial charge in [0.25, 0.3) is 0 Å². The fraction of sp³-hybridized carbons (Fsp3) is 0.853. The van der Waals surface area contributed by atoms with E-state index in [2.05, 4.69) is 62.5 Å². The number of amides is 1. The molecule has 0 aromatic heterocycles. The van der Waals surface area contributed by atoms with E-state index >= 15 is 0 Å². The van der Waals surface area contributed by atoms with Crippen LogP contribution in [-0.4, -0.2) is 99.6 Å². The fourth-order valence-electron chi connectivity index (χ4n) is 10.4. The maximum atomic E-state index is 13.4. The molecule has 0 radical (unpaired) electrons. The van der Waals surface area contributed by atoms with Gasteiger partial charge in [-0.05, 0) is 64.2 Å². The quantitative estimate of drug-likeness (QED) is 0.0195. The zero-order valence-corrected chi connectivity index (χ0v) is 51.2. The zero-order chi connectivity index (χ0) is 57.5. The van der Waals surface area contributed by atoms with Crippen LogP contribution in [0.5, 0.6) is 0 Å². The van der Waals surface area contributed by atoms with Crippen LogP contribution < -0.4 is 5.32 Å². The number of nitrogens with one attached hydrogen (secondary N) is 1. The molecule has 0 aliphatic carbocycles. The molecule has 11 nitrogen and oxygen atoms in total. The van der Waals surface area contributed by atoms with Crippen molar-refractivity contribution in [3.8, 4) is 0 Å². The van der Waals surface area contributed by atoms with Gasteiger partial charge in [0.1, 0.15) is 24.4 Å². The molecule has 1 aliphatic rings. The van der Waals surface area contributed by atoms with Crippen molar-refractivity contribution in [3.05, 3.63) is 48.6 Å². The number of allylic oxidation sites excluding steroid dienone is 7. The topological polar surface area (TPSA) is 175 Å². The summed E-state index contributed by atoms with van der Waals surface area (Å²) >= 11 is 0. The minimum absolute atomic E-state index is 0.110. The number of ether oxygens (including phenoxy) is 3. The zero-order valence-electron chi connectivity index (χ0n) is 51.2. The molecule has 79 heavy (non-hydrogen) atoms. The van der Waals surface area contributed by atoms with Crippen LogP contribution in [0.1, 0.15) is 310 Å². The fourth-order valence-corrected chi connectivity index (χ4v) is 10.4. The summed E-state index contributed by atoms with van der Waals surface area (Å²) in [7, 11) is 0. The van der Waals surface area contributed by atoms with Crippen molar-refractivity contribution in [2.75, 3.05) is 13.2 Å². The molecule has 1 heterocycles. The molecule has 462 valence electrons. The first-order chi connectivity index (χ1) is 38.7. The molecule has 1 aliphatic heterocycles. The van der Waals surface area contributed by atoms with Crippen molar-refractivity contribution in [2.45, 2.75) is 359 Å². The summed E-state index contributed by atoms with van der Waals surface area (Å²) in [4.78, 5) is 26.6. The molecule has 1 saturated heterocycles. The monoisotopic (exact) mass is 1120 g/mol. The lowest BCUT2D eigenvalue weighted by molar-refractivity contribution is -0.305. The normalized spacial score (nSPS) is 19.1. The Balaban J connectivity index is 2.61. The Morgan fingerprint density at radius 2 is 0.873 bits per heavy atom. The van der Waals surface area contributed by atoms with Gasteiger partial charge in [0.15, 0.2) is 12.4 Å². The smallest absolute Gasteiger partial charge is 0.306 e. The standard InChI is InChI=1S/C68H125NO10/c1-4-7-10-13-16-19-22-24-26-28-30-32-33-35-37-40-43-46-49-52-55-61(72)67(76)69-59(60(71)54-51-48-45-42-39-21-18-15-12-9-6-3)58-77-68-66(65(75)64(74)62(57-70)78-68)79-63(73)56-53-50-47-44-41-38-36-34-31-29-27-25-23-20-17-14-11-8-5-2/h17,20,25,27,31,34,51,54,59-62,64-66,68,70-72,74-75H,4-16,18-19,21-24,26,28-30,32-33,35-50,52-53,55-58H2,1-3H3,(H,69,76)/b20-17-,27-25-,34-31-,54-51+. The van der Waals surface area contributed by atoms with Crippen LogP contribution in [0.2, 0.25) is 0 Å². The van der Waals surface area contributed by atoms with Crippen molar-refractivity contribution in [1.82, 2.24) is 5.32 Å². The van der Waals surface area contributed by atoms with Gasteiger partial charge >= 0.3 is 5.97 Å². The molecule has 0 bridgehead atoms. The van der Waals surface area contributed by atoms with Gasteiger partial charge in [0.05, 0.1) is 25.4 Å². The first-order valence-electron chi connectivity index (χ1n) is 33.4. The van der Waals surface area contributed by atoms with Crippen LogP contribution in [0.25, 0.3) is 0 Å². The highest BCUT2D eigenvalue weighted by atomic mass is 16.7. The van der Waals surface area contributed by atoms with Crippen LogP contribution in [0.3, 0.4) is 0 Å². The lowest BCUT2D eigenvalue weighted by atomic mass is 9.99. The number of rotatable bonds is 57. The molecular weight excluding hydrogens is 991 g/mol. The van der Waals surface area contributed by atoms with E-state index in [0.717, 1.165) is 89.9 Å². The molecule has 0 saturated carbocycles. The lowest BCUT2D eigenvalue weighted by Gasteiger charge is -2.41. The Bertz CT molecular complexity index is 1470. The first kappa shape index (κ1) is 74.6. The van der Waals surface area contributed by atoms with E-state index in [1.165, 1.54) is 173 Å². The highest BCUT2D eigenvalue weighted by Gasteiger charge is 2.47. The van der Waals surface area contributed by atoms with Gasteiger partial charge in [-0.2, -0.15) is 0 Å². The molecule has 0 aromatic carbocycles. The first-order valence-corrected chi connectivity index (χ1v) is 33.4. The van der Waals surface area contributed by atoms with Gasteiger partial charge in [0, 0.05) is 6.42 Å². The average Bonchev–Trinajstić information content (AvgIpc) is 3.47. The van der Waals surface area contributed by atoms with Crippen molar-refractivity contribution in [3.63, 3.8) is 0 Å². The number of aliphatic hydroxyl groups is 5. The van der Waals surface area contributed by atoms with Gasteiger partial charge < -0.3 is 45.1 Å². The lowest BCUT2D eigenvalue weighted by Crippen LogP contribution is -2.61. The summed E-state index contributed by atoms with van der Waals surface area (Å²) in [6.45, 7) is 5.78. The van der Waals surface area contributed by atoms with Crippen LogP contribution in [-0.2, 0) is 23.8 Å². The molecule has 8 unspecified atom stereocenters. The molecule has 0 aromatic rings. The molecule has 6 N–H and O–H groups in total. The Kier molecular flexibility index (Phi) is 53.0. The van der Waals surface area contributed by atoms with Crippen LogP contribution in [0.15, 0.2) is 48.6 Å². The summed E-state index contributed by atoms with van der Waals surface area (Å²) in [5.41, 5.74) is 0. The molecule has 0 spiro atoms. The van der Waals surface area contributed by atoms with E-state index in [-0.39, 0.29) is 13.0 Å². The van der Waals surface area contributed by atoms with Crippen LogP contribution >= 0.6 is 0 Å². The van der Waals surface area contributed by atoms with E-state index in [1.807, 2.05) is 6.08 Å². The van der Waals surface area contributed by atoms with E-state index < -0.39 is 67.4 Å². The van der Waals surface area contributed by atoms with Gasteiger partial charge in [-0.1, -0.05) is 288 Å². The van der Waals surface area contributed by atoms with Gasteiger partial charge in [-0.3, -0.25) is 9.59 Å².